The Kier molecular flexibility index (Phi) is 3.96. The molecule has 0 radical (unpaired) electrons. The Morgan fingerprint density at radius 2 is 1.57 bits per heavy atom. The van der Waals surface area contributed by atoms with Crippen LogP contribution in [0.3, 0.4) is 0 Å². The van der Waals surface area contributed by atoms with Crippen molar-refractivity contribution in [3.8, 4) is 0 Å². The lowest BCUT2D eigenvalue weighted by atomic mass is 9.89. The maximum absolute atomic E-state index is 5.74. The predicted molar refractivity (Wildman–Crippen MR) is 89.9 cm³/mol. The number of nitrogens with zero attached hydrogens (tertiary/aromatic N) is 1. The number of anilines is 1. The first-order valence-electron chi connectivity index (χ1n) is 7.59. The Morgan fingerprint density at radius 1 is 0.952 bits per heavy atom. The van der Waals surface area contributed by atoms with E-state index in [-0.39, 0.29) is 0 Å². The summed E-state index contributed by atoms with van der Waals surface area (Å²) < 4.78 is 0. The molecule has 1 aliphatic heterocycles. The largest absolute Gasteiger partial charge is 0.399 e. The number of rotatable bonds is 3. The van der Waals surface area contributed by atoms with Crippen LogP contribution in [0.15, 0.2) is 61.2 Å². The zero-order chi connectivity index (χ0) is 14.7. The van der Waals surface area contributed by atoms with E-state index in [1.165, 1.54) is 24.0 Å². The minimum Gasteiger partial charge on any atom is -0.399 e. The molecule has 0 bridgehead atoms. The van der Waals surface area contributed by atoms with Gasteiger partial charge in [-0.2, -0.15) is 0 Å². The fraction of sp³-hybridized carbons (Fsp3) is 0.263. The number of nitrogens with two attached hydrogens (primary N) is 1. The van der Waals surface area contributed by atoms with Gasteiger partial charge in [0, 0.05) is 24.5 Å². The van der Waals surface area contributed by atoms with Gasteiger partial charge < -0.3 is 10.6 Å². The van der Waals surface area contributed by atoms with E-state index in [0.717, 1.165) is 24.5 Å². The van der Waals surface area contributed by atoms with Crippen molar-refractivity contribution >= 4 is 11.4 Å². The van der Waals surface area contributed by atoms with Gasteiger partial charge in [0.15, 0.2) is 0 Å². The van der Waals surface area contributed by atoms with Gasteiger partial charge in [0.05, 0.1) is 0 Å². The van der Waals surface area contributed by atoms with Crippen molar-refractivity contribution in [2.45, 2.75) is 18.8 Å². The second-order valence-electron chi connectivity index (χ2n) is 5.74. The molecule has 1 fully saturated rings. The summed E-state index contributed by atoms with van der Waals surface area (Å²) in [6.07, 6.45) is 2.38. The summed E-state index contributed by atoms with van der Waals surface area (Å²) in [6.45, 7) is 6.41. The molecule has 2 aromatic carbocycles. The van der Waals surface area contributed by atoms with Crippen LogP contribution in [0.4, 0.5) is 5.69 Å². The van der Waals surface area contributed by atoms with E-state index in [1.807, 2.05) is 12.1 Å². The molecule has 0 unspecified atom stereocenters. The second kappa shape index (κ2) is 6.04. The second-order valence-corrected chi connectivity index (χ2v) is 5.74. The van der Waals surface area contributed by atoms with Crippen molar-refractivity contribution in [1.82, 2.24) is 4.90 Å². The fourth-order valence-corrected chi connectivity index (χ4v) is 3.07. The minimum absolute atomic E-state index is 0.682. The lowest BCUT2D eigenvalue weighted by Gasteiger charge is -2.35. The first-order chi connectivity index (χ1) is 10.2. The van der Waals surface area contributed by atoms with Gasteiger partial charge in [-0.3, -0.25) is 0 Å². The number of nitrogen functional groups attached to an aromatic ring is 1. The van der Waals surface area contributed by atoms with Crippen LogP contribution in [0, 0.1) is 0 Å². The van der Waals surface area contributed by atoms with Gasteiger partial charge in [-0.05, 0) is 42.0 Å². The van der Waals surface area contributed by atoms with Gasteiger partial charge in [-0.1, -0.05) is 49.0 Å². The fourth-order valence-electron chi connectivity index (χ4n) is 3.07. The van der Waals surface area contributed by atoms with Crippen LogP contribution in [0.1, 0.15) is 29.9 Å². The molecular weight excluding hydrogens is 256 g/mol. The Bertz CT molecular complexity index is 593. The maximum atomic E-state index is 5.74. The molecule has 0 aromatic heterocycles. The highest BCUT2D eigenvalue weighted by Gasteiger charge is 2.21. The smallest absolute Gasteiger partial charge is 0.0366 e. The zero-order valence-corrected chi connectivity index (χ0v) is 12.3. The minimum atomic E-state index is 0.682. The van der Waals surface area contributed by atoms with E-state index in [0.29, 0.717) is 5.92 Å². The van der Waals surface area contributed by atoms with Crippen LogP contribution in [0.5, 0.6) is 0 Å². The Labute approximate surface area is 126 Å². The summed E-state index contributed by atoms with van der Waals surface area (Å²) in [5.74, 6) is 0.682. The average Bonchev–Trinajstić information content (AvgIpc) is 2.56. The molecule has 1 saturated heterocycles. The molecule has 1 heterocycles. The first kappa shape index (κ1) is 13.7. The molecule has 0 spiro atoms. The van der Waals surface area contributed by atoms with Gasteiger partial charge in [0.25, 0.3) is 0 Å². The van der Waals surface area contributed by atoms with E-state index < -0.39 is 0 Å². The molecule has 0 atom stereocenters. The van der Waals surface area contributed by atoms with E-state index in [2.05, 4.69) is 53.9 Å². The van der Waals surface area contributed by atoms with Gasteiger partial charge in [0.2, 0.25) is 0 Å². The average molecular weight is 278 g/mol. The van der Waals surface area contributed by atoms with Crippen molar-refractivity contribution in [2.75, 3.05) is 18.8 Å². The Morgan fingerprint density at radius 3 is 2.19 bits per heavy atom. The molecule has 108 valence electrons. The van der Waals surface area contributed by atoms with E-state index in [9.17, 15) is 0 Å². The summed E-state index contributed by atoms with van der Waals surface area (Å²) >= 11 is 0. The third-order valence-corrected chi connectivity index (χ3v) is 4.39. The highest BCUT2D eigenvalue weighted by Crippen LogP contribution is 2.31. The number of benzene rings is 2. The highest BCUT2D eigenvalue weighted by molar-refractivity contribution is 5.63. The summed E-state index contributed by atoms with van der Waals surface area (Å²) in [5.41, 5.74) is 10.3. The molecule has 0 saturated carbocycles. The van der Waals surface area contributed by atoms with Crippen LogP contribution in [-0.2, 0) is 0 Å². The molecule has 2 N–H and O–H groups in total. The summed E-state index contributed by atoms with van der Waals surface area (Å²) in [6, 6.07) is 18.8. The van der Waals surface area contributed by atoms with Crippen molar-refractivity contribution in [1.29, 1.82) is 0 Å². The molecule has 2 aromatic rings. The highest BCUT2D eigenvalue weighted by atomic mass is 15.1. The summed E-state index contributed by atoms with van der Waals surface area (Å²) in [4.78, 5) is 2.39. The predicted octanol–water partition coefficient (Wildman–Crippen LogP) is 4.12. The summed E-state index contributed by atoms with van der Waals surface area (Å²) in [5, 5.41) is 0. The maximum Gasteiger partial charge on any atom is 0.0366 e. The molecule has 1 aliphatic rings. The number of hydrogen-bond acceptors (Lipinski definition) is 2. The van der Waals surface area contributed by atoms with Gasteiger partial charge in [0.1, 0.15) is 0 Å². The number of piperidine rings is 1. The first-order valence-corrected chi connectivity index (χ1v) is 7.59. The van der Waals surface area contributed by atoms with Crippen molar-refractivity contribution in [2.24, 2.45) is 0 Å². The van der Waals surface area contributed by atoms with Gasteiger partial charge in [-0.25, -0.2) is 0 Å². The standard InChI is InChI=1S/C19H22N2/c1-15(16-7-9-19(20)10-8-16)21-13-11-18(12-14-21)17-5-3-2-4-6-17/h2-10,18H,1,11-14,20H2. The van der Waals surface area contributed by atoms with Crippen molar-refractivity contribution in [3.05, 3.63) is 72.3 Å². The topological polar surface area (TPSA) is 29.3 Å². The van der Waals surface area contributed by atoms with Crippen LogP contribution in [0.2, 0.25) is 0 Å². The quantitative estimate of drug-likeness (QED) is 0.856. The lowest BCUT2D eigenvalue weighted by molar-refractivity contribution is 0.299. The van der Waals surface area contributed by atoms with Crippen LogP contribution in [0.25, 0.3) is 5.70 Å². The number of likely N-dealkylation sites (tertiary alicyclic amines) is 1. The van der Waals surface area contributed by atoms with Crippen molar-refractivity contribution in [3.63, 3.8) is 0 Å². The molecule has 21 heavy (non-hydrogen) atoms. The van der Waals surface area contributed by atoms with E-state index in [4.69, 9.17) is 5.73 Å². The Balaban J connectivity index is 1.63. The monoisotopic (exact) mass is 278 g/mol. The molecule has 2 heteroatoms. The van der Waals surface area contributed by atoms with E-state index >= 15 is 0 Å². The number of hydrogen-bond donors (Lipinski definition) is 1. The van der Waals surface area contributed by atoms with Crippen LogP contribution in [-0.4, -0.2) is 18.0 Å². The third kappa shape index (κ3) is 3.10. The zero-order valence-electron chi connectivity index (χ0n) is 12.3. The van der Waals surface area contributed by atoms with Crippen molar-refractivity contribution < 1.29 is 0 Å². The molecule has 2 nitrogen and oxygen atoms in total. The van der Waals surface area contributed by atoms with E-state index in [1.54, 1.807) is 0 Å². The SMILES string of the molecule is C=C(c1ccc(N)cc1)N1CCC(c2ccccc2)CC1. The molecule has 0 amide bonds. The molecular formula is C19H22N2. The molecule has 0 aliphatic carbocycles. The molecule has 3 rings (SSSR count). The van der Waals surface area contributed by atoms with Crippen LogP contribution >= 0.6 is 0 Å². The van der Waals surface area contributed by atoms with Gasteiger partial charge in [-0.15, -0.1) is 0 Å². The summed E-state index contributed by atoms with van der Waals surface area (Å²) in [7, 11) is 0. The Hall–Kier alpha value is -2.22. The van der Waals surface area contributed by atoms with Gasteiger partial charge >= 0.3 is 0 Å². The third-order valence-electron chi connectivity index (χ3n) is 4.39. The van der Waals surface area contributed by atoms with Crippen LogP contribution < -0.4 is 5.73 Å². The lowest BCUT2D eigenvalue weighted by Crippen LogP contribution is -2.31. The normalized spacial score (nSPS) is 15.9.